The van der Waals surface area contributed by atoms with E-state index in [-0.39, 0.29) is 0 Å². The van der Waals surface area contributed by atoms with Crippen LogP contribution >= 0.6 is 0 Å². The molecule has 0 aliphatic heterocycles. The van der Waals surface area contributed by atoms with Crippen molar-refractivity contribution in [3.63, 3.8) is 0 Å². The third kappa shape index (κ3) is 1.36. The number of carbonyl (C=O) groups is 1. The summed E-state index contributed by atoms with van der Waals surface area (Å²) in [6, 6.07) is 15.3. The summed E-state index contributed by atoms with van der Waals surface area (Å²) in [5.41, 5.74) is 6.36. The first-order valence-electron chi connectivity index (χ1n) is 5.38. The number of benzene rings is 2. The maximum atomic E-state index is 11.7. The summed E-state index contributed by atoms with van der Waals surface area (Å²) in [5.74, 6) is -1.15. The van der Waals surface area contributed by atoms with Crippen LogP contribution in [0.1, 0.15) is 17.0 Å². The molecular weight excluding hydrogens is 214 g/mol. The van der Waals surface area contributed by atoms with E-state index in [0.717, 1.165) is 22.3 Å². The van der Waals surface area contributed by atoms with Crippen molar-refractivity contribution >= 4 is 5.91 Å². The largest absolute Gasteiger partial charge is 0.284 e. The molecule has 17 heavy (non-hydrogen) atoms. The highest BCUT2D eigenvalue weighted by atomic mass is 16.5. The standard InChI is InChI=1S/C14H9NO2/c16-14(15-17)13-11-7-3-1-5-9(11)10-6-2-4-8-12(10)13/h1-8,13H. The van der Waals surface area contributed by atoms with Crippen LogP contribution in [0.15, 0.2) is 48.5 Å². The number of fused-ring (bicyclic) bond motifs is 3. The normalized spacial score (nSPS) is 13.0. The van der Waals surface area contributed by atoms with Crippen molar-refractivity contribution in [2.24, 2.45) is 0 Å². The summed E-state index contributed by atoms with van der Waals surface area (Å²) in [6.45, 7) is 0. The second-order valence-electron chi connectivity index (χ2n) is 4.04. The van der Waals surface area contributed by atoms with Crippen LogP contribution < -0.4 is 5.48 Å². The zero-order valence-electron chi connectivity index (χ0n) is 8.96. The monoisotopic (exact) mass is 223 g/mol. The van der Waals surface area contributed by atoms with Gasteiger partial charge in [0, 0.05) is 0 Å². The SMILES string of the molecule is [O][N]C(=O)C1c2ccccc2-c2ccccc21. The molecule has 82 valence electrons. The van der Waals surface area contributed by atoms with Crippen LogP contribution in [0.3, 0.4) is 0 Å². The summed E-state index contributed by atoms with van der Waals surface area (Å²) in [5, 5.41) is 10.5. The number of rotatable bonds is 1. The predicted octanol–water partition coefficient (Wildman–Crippen LogP) is 2.28. The van der Waals surface area contributed by atoms with Gasteiger partial charge in [0.2, 0.25) is 0 Å². The van der Waals surface area contributed by atoms with E-state index in [9.17, 15) is 10.0 Å². The number of amides is 1. The Balaban J connectivity index is 2.27. The molecule has 0 fully saturated rings. The Morgan fingerprint density at radius 3 is 1.82 bits per heavy atom. The van der Waals surface area contributed by atoms with Gasteiger partial charge in [0.25, 0.3) is 5.91 Å². The van der Waals surface area contributed by atoms with Gasteiger partial charge in [-0.25, -0.2) is 0 Å². The minimum Gasteiger partial charge on any atom is -0.269 e. The second kappa shape index (κ2) is 3.71. The Hall–Kier alpha value is -2.13. The van der Waals surface area contributed by atoms with E-state index in [2.05, 4.69) is 5.48 Å². The number of nitrogens with zero attached hydrogens (tertiary/aromatic N) is 1. The molecule has 2 radical (unpaired) electrons. The molecule has 0 spiro atoms. The van der Waals surface area contributed by atoms with Crippen LogP contribution in [-0.4, -0.2) is 5.91 Å². The van der Waals surface area contributed by atoms with Gasteiger partial charge in [-0.05, 0) is 22.3 Å². The highest BCUT2D eigenvalue weighted by molar-refractivity contribution is 5.95. The molecule has 1 aliphatic rings. The average Bonchev–Trinajstić information content (AvgIpc) is 2.72. The van der Waals surface area contributed by atoms with Crippen LogP contribution in [-0.2, 0) is 10.0 Å². The molecule has 1 amide bonds. The number of hydrogen-bond acceptors (Lipinski definition) is 1. The zero-order valence-corrected chi connectivity index (χ0v) is 8.96. The van der Waals surface area contributed by atoms with Gasteiger partial charge in [-0.2, -0.15) is 0 Å². The van der Waals surface area contributed by atoms with Gasteiger partial charge in [0.1, 0.15) is 0 Å². The lowest BCUT2D eigenvalue weighted by Crippen LogP contribution is -2.19. The Bertz CT molecular complexity index is 547. The maximum absolute atomic E-state index is 11.7. The quantitative estimate of drug-likeness (QED) is 0.684. The van der Waals surface area contributed by atoms with Crippen molar-refractivity contribution in [1.29, 1.82) is 0 Å². The first kappa shape index (κ1) is 10.1. The first-order chi connectivity index (χ1) is 8.33. The maximum Gasteiger partial charge on any atom is 0.284 e. The summed E-state index contributed by atoms with van der Waals surface area (Å²) < 4.78 is 0. The molecule has 1 aliphatic carbocycles. The molecule has 0 saturated carbocycles. The topological polar surface area (TPSA) is 51.1 Å². The fourth-order valence-electron chi connectivity index (χ4n) is 2.47. The summed E-state index contributed by atoms with van der Waals surface area (Å²) in [7, 11) is 0. The first-order valence-corrected chi connectivity index (χ1v) is 5.38. The fourth-order valence-corrected chi connectivity index (χ4v) is 2.47. The highest BCUT2D eigenvalue weighted by Crippen LogP contribution is 2.44. The molecular formula is C14H9NO2. The Morgan fingerprint density at radius 2 is 1.35 bits per heavy atom. The lowest BCUT2D eigenvalue weighted by atomic mass is 9.96. The molecule has 3 heteroatoms. The summed E-state index contributed by atoms with van der Waals surface area (Å²) >= 11 is 0. The van der Waals surface area contributed by atoms with Gasteiger partial charge in [-0.1, -0.05) is 59.2 Å². The molecule has 3 nitrogen and oxygen atoms in total. The van der Waals surface area contributed by atoms with Gasteiger partial charge in [-0.3, -0.25) is 4.79 Å². The van der Waals surface area contributed by atoms with Gasteiger partial charge in [0.05, 0.1) is 5.92 Å². The molecule has 2 aromatic rings. The molecule has 0 aromatic heterocycles. The van der Waals surface area contributed by atoms with E-state index in [1.54, 1.807) is 0 Å². The lowest BCUT2D eigenvalue weighted by Gasteiger charge is -2.08. The molecule has 3 rings (SSSR count). The lowest BCUT2D eigenvalue weighted by molar-refractivity contribution is -0.134. The van der Waals surface area contributed by atoms with Gasteiger partial charge >= 0.3 is 0 Å². The van der Waals surface area contributed by atoms with Crippen molar-refractivity contribution in [1.82, 2.24) is 5.48 Å². The van der Waals surface area contributed by atoms with Crippen molar-refractivity contribution in [3.05, 3.63) is 59.7 Å². The summed E-state index contributed by atoms with van der Waals surface area (Å²) in [4.78, 5) is 11.7. The van der Waals surface area contributed by atoms with Crippen LogP contribution in [0.5, 0.6) is 0 Å². The Labute approximate surface area is 98.7 Å². The highest BCUT2D eigenvalue weighted by Gasteiger charge is 2.34. The molecule has 0 N–H and O–H groups in total. The Morgan fingerprint density at radius 1 is 0.882 bits per heavy atom. The van der Waals surface area contributed by atoms with Crippen LogP contribution in [0, 0.1) is 0 Å². The van der Waals surface area contributed by atoms with Gasteiger partial charge < -0.3 is 0 Å². The van der Waals surface area contributed by atoms with Gasteiger partial charge in [-0.15, -0.1) is 0 Å². The van der Waals surface area contributed by atoms with E-state index in [1.807, 2.05) is 48.5 Å². The molecule has 2 aromatic carbocycles. The fraction of sp³-hybridized carbons (Fsp3) is 0.0714. The van der Waals surface area contributed by atoms with Crippen LogP contribution in [0.2, 0.25) is 0 Å². The van der Waals surface area contributed by atoms with E-state index in [4.69, 9.17) is 0 Å². The van der Waals surface area contributed by atoms with Gasteiger partial charge in [0.15, 0.2) is 0 Å². The number of hydrogen-bond donors (Lipinski definition) is 0. The molecule has 0 atom stereocenters. The van der Waals surface area contributed by atoms with Crippen molar-refractivity contribution in [3.8, 4) is 11.1 Å². The third-order valence-electron chi connectivity index (χ3n) is 3.17. The minimum absolute atomic E-state index is 0.528. The third-order valence-corrected chi connectivity index (χ3v) is 3.17. The zero-order chi connectivity index (χ0) is 11.8. The molecule has 0 unspecified atom stereocenters. The molecule has 0 saturated heterocycles. The average molecular weight is 223 g/mol. The van der Waals surface area contributed by atoms with E-state index in [0.29, 0.717) is 0 Å². The van der Waals surface area contributed by atoms with E-state index in [1.165, 1.54) is 0 Å². The summed E-state index contributed by atoms with van der Waals surface area (Å²) in [6.07, 6.45) is 0. The van der Waals surface area contributed by atoms with Crippen LogP contribution in [0.25, 0.3) is 11.1 Å². The van der Waals surface area contributed by atoms with E-state index >= 15 is 0 Å². The minimum atomic E-state index is -0.623. The number of hydroxylamine groups is 1. The molecule has 0 heterocycles. The van der Waals surface area contributed by atoms with E-state index < -0.39 is 11.8 Å². The molecule has 0 bridgehead atoms. The van der Waals surface area contributed by atoms with Crippen molar-refractivity contribution in [2.75, 3.05) is 0 Å². The smallest absolute Gasteiger partial charge is 0.269 e. The van der Waals surface area contributed by atoms with Crippen molar-refractivity contribution < 1.29 is 10.0 Å². The second-order valence-corrected chi connectivity index (χ2v) is 4.04. The predicted molar refractivity (Wildman–Crippen MR) is 61.5 cm³/mol. The Kier molecular flexibility index (Phi) is 2.20. The van der Waals surface area contributed by atoms with Crippen molar-refractivity contribution in [2.45, 2.75) is 5.92 Å². The number of carbonyl (C=O) groups excluding carboxylic acids is 1. The van der Waals surface area contributed by atoms with Crippen LogP contribution in [0.4, 0.5) is 0 Å².